The lowest BCUT2D eigenvalue weighted by molar-refractivity contribution is 0.347. The molecular weight excluding hydrogens is 148 g/mol. The molecule has 0 N–H and O–H groups in total. The van der Waals surface area contributed by atoms with E-state index in [0.29, 0.717) is 6.61 Å². The fraction of sp³-hybridized carbons (Fsp3) is 0.182. The van der Waals surface area contributed by atoms with E-state index in [9.17, 15) is 0 Å². The second-order valence-electron chi connectivity index (χ2n) is 2.44. The van der Waals surface area contributed by atoms with Crippen LogP contribution in [0.5, 0.6) is 5.75 Å². The highest BCUT2D eigenvalue weighted by atomic mass is 16.5. The van der Waals surface area contributed by atoms with Crippen LogP contribution in [-0.4, -0.2) is 6.61 Å². The van der Waals surface area contributed by atoms with Crippen LogP contribution in [-0.2, 0) is 0 Å². The standard InChI is InChI=1S/C11H13O/c1-2-3-7-10-12-11-8-5-4-6-9-11/h2,4-9H,1,3,10H2. The van der Waals surface area contributed by atoms with Crippen LogP contribution in [0.2, 0.25) is 0 Å². The number of hydrogen-bond acceptors (Lipinski definition) is 1. The Morgan fingerprint density at radius 1 is 1.25 bits per heavy atom. The molecule has 63 valence electrons. The van der Waals surface area contributed by atoms with Crippen molar-refractivity contribution in [1.82, 2.24) is 0 Å². The summed E-state index contributed by atoms with van der Waals surface area (Å²) in [4.78, 5) is 0. The molecule has 0 saturated carbocycles. The molecule has 1 heteroatoms. The number of unbranched alkanes of at least 4 members (excludes halogenated alkanes) is 1. The summed E-state index contributed by atoms with van der Waals surface area (Å²) in [6.07, 6.45) is 4.79. The van der Waals surface area contributed by atoms with Gasteiger partial charge in [-0.05, 0) is 18.6 Å². The summed E-state index contributed by atoms with van der Waals surface area (Å²) < 4.78 is 5.40. The van der Waals surface area contributed by atoms with E-state index >= 15 is 0 Å². The second-order valence-corrected chi connectivity index (χ2v) is 2.44. The molecule has 0 bridgehead atoms. The van der Waals surface area contributed by atoms with Gasteiger partial charge in [0.05, 0.1) is 6.61 Å². The Balaban J connectivity index is 2.20. The summed E-state index contributed by atoms with van der Waals surface area (Å²) in [5.41, 5.74) is 0. The van der Waals surface area contributed by atoms with Gasteiger partial charge in [-0.25, -0.2) is 0 Å². The fourth-order valence-electron chi connectivity index (χ4n) is 0.858. The normalized spacial score (nSPS) is 9.33. The first kappa shape index (κ1) is 8.85. The van der Waals surface area contributed by atoms with E-state index in [2.05, 4.69) is 6.58 Å². The van der Waals surface area contributed by atoms with Crippen molar-refractivity contribution in [3.05, 3.63) is 49.4 Å². The minimum Gasteiger partial charge on any atom is -0.493 e. The molecule has 0 unspecified atom stereocenters. The van der Waals surface area contributed by atoms with Crippen LogP contribution in [0.1, 0.15) is 6.42 Å². The van der Waals surface area contributed by atoms with Gasteiger partial charge in [0.1, 0.15) is 5.75 Å². The lowest BCUT2D eigenvalue weighted by Gasteiger charge is -2.03. The minimum absolute atomic E-state index is 0.649. The molecule has 12 heavy (non-hydrogen) atoms. The third kappa shape index (κ3) is 3.24. The summed E-state index contributed by atoms with van der Waals surface area (Å²) in [6.45, 7) is 4.27. The maximum atomic E-state index is 5.40. The molecule has 0 spiro atoms. The molecule has 0 aromatic heterocycles. The van der Waals surface area contributed by atoms with Crippen LogP contribution in [0.3, 0.4) is 0 Å². The molecule has 0 amide bonds. The Hall–Kier alpha value is -1.24. The van der Waals surface area contributed by atoms with Crippen molar-refractivity contribution < 1.29 is 4.74 Å². The highest BCUT2D eigenvalue weighted by molar-refractivity contribution is 5.20. The average molecular weight is 161 g/mol. The smallest absolute Gasteiger partial charge is 0.119 e. The molecule has 0 fully saturated rings. The van der Waals surface area contributed by atoms with E-state index < -0.39 is 0 Å². The zero-order chi connectivity index (χ0) is 8.65. The van der Waals surface area contributed by atoms with Gasteiger partial charge in [-0.3, -0.25) is 0 Å². The van der Waals surface area contributed by atoms with Gasteiger partial charge in [-0.2, -0.15) is 0 Å². The zero-order valence-electron chi connectivity index (χ0n) is 7.07. The van der Waals surface area contributed by atoms with Crippen LogP contribution in [0.15, 0.2) is 43.0 Å². The Kier molecular flexibility index (Phi) is 4.00. The van der Waals surface area contributed by atoms with Crippen molar-refractivity contribution >= 4 is 0 Å². The maximum absolute atomic E-state index is 5.40. The van der Waals surface area contributed by atoms with E-state index in [1.807, 2.05) is 42.8 Å². The predicted octanol–water partition coefficient (Wildman–Crippen LogP) is 2.85. The Labute approximate surface area is 73.7 Å². The van der Waals surface area contributed by atoms with Gasteiger partial charge in [0.15, 0.2) is 0 Å². The number of allylic oxidation sites excluding steroid dienone is 1. The van der Waals surface area contributed by atoms with Crippen LogP contribution >= 0.6 is 0 Å². The van der Waals surface area contributed by atoms with E-state index in [0.717, 1.165) is 12.2 Å². The molecule has 1 radical (unpaired) electrons. The van der Waals surface area contributed by atoms with Crippen LogP contribution < -0.4 is 4.74 Å². The molecule has 1 nitrogen and oxygen atoms in total. The van der Waals surface area contributed by atoms with Gasteiger partial charge in [0.2, 0.25) is 0 Å². The lowest BCUT2D eigenvalue weighted by atomic mass is 10.3. The summed E-state index contributed by atoms with van der Waals surface area (Å²) >= 11 is 0. The maximum Gasteiger partial charge on any atom is 0.119 e. The number of ether oxygens (including phenoxy) is 1. The van der Waals surface area contributed by atoms with Crippen molar-refractivity contribution in [2.45, 2.75) is 6.42 Å². The summed E-state index contributed by atoms with van der Waals surface area (Å²) in [6, 6.07) is 9.79. The zero-order valence-corrected chi connectivity index (χ0v) is 7.07. The average Bonchev–Trinajstić information content (AvgIpc) is 2.14. The van der Waals surface area contributed by atoms with Crippen molar-refractivity contribution in [2.24, 2.45) is 0 Å². The molecule has 0 heterocycles. The van der Waals surface area contributed by atoms with Gasteiger partial charge < -0.3 is 4.74 Å². The van der Waals surface area contributed by atoms with Gasteiger partial charge in [0.25, 0.3) is 0 Å². The molecule has 0 atom stereocenters. The number of hydrogen-bond donors (Lipinski definition) is 0. The Bertz CT molecular complexity index is 216. The first-order valence-corrected chi connectivity index (χ1v) is 4.04. The lowest BCUT2D eigenvalue weighted by Crippen LogP contribution is -1.96. The first-order valence-electron chi connectivity index (χ1n) is 4.04. The van der Waals surface area contributed by atoms with Crippen molar-refractivity contribution in [3.63, 3.8) is 0 Å². The van der Waals surface area contributed by atoms with Crippen LogP contribution in [0.25, 0.3) is 0 Å². The van der Waals surface area contributed by atoms with Crippen LogP contribution in [0, 0.1) is 6.42 Å². The minimum atomic E-state index is 0.649. The van der Waals surface area contributed by atoms with E-state index in [1.165, 1.54) is 0 Å². The molecule has 0 saturated heterocycles. The Morgan fingerprint density at radius 3 is 2.67 bits per heavy atom. The Morgan fingerprint density at radius 2 is 2.00 bits per heavy atom. The van der Waals surface area contributed by atoms with Gasteiger partial charge in [-0.15, -0.1) is 6.58 Å². The highest BCUT2D eigenvalue weighted by Gasteiger charge is 1.89. The second kappa shape index (κ2) is 5.42. The quantitative estimate of drug-likeness (QED) is 0.476. The molecule has 0 aliphatic heterocycles. The largest absolute Gasteiger partial charge is 0.493 e. The summed E-state index contributed by atoms with van der Waals surface area (Å²) in [5.74, 6) is 0.915. The topological polar surface area (TPSA) is 9.23 Å². The number of para-hydroxylation sites is 1. The van der Waals surface area contributed by atoms with Gasteiger partial charge in [-0.1, -0.05) is 24.3 Å². The fourth-order valence-corrected chi connectivity index (χ4v) is 0.858. The van der Waals surface area contributed by atoms with E-state index in [1.54, 1.807) is 0 Å². The molecule has 1 rings (SSSR count). The third-order valence-corrected chi connectivity index (χ3v) is 1.44. The predicted molar refractivity (Wildman–Crippen MR) is 51.1 cm³/mol. The molecule has 1 aromatic carbocycles. The summed E-state index contributed by atoms with van der Waals surface area (Å²) in [5, 5.41) is 0. The molecular formula is C11H13O. The SMILES string of the molecule is C=CC[CH]COc1ccccc1. The highest BCUT2D eigenvalue weighted by Crippen LogP contribution is 2.08. The first-order chi connectivity index (χ1) is 5.93. The van der Waals surface area contributed by atoms with Crippen molar-refractivity contribution in [3.8, 4) is 5.75 Å². The number of rotatable bonds is 5. The van der Waals surface area contributed by atoms with E-state index in [4.69, 9.17) is 4.74 Å². The van der Waals surface area contributed by atoms with Gasteiger partial charge in [0, 0.05) is 6.42 Å². The monoisotopic (exact) mass is 161 g/mol. The number of benzene rings is 1. The molecule has 1 aromatic rings. The molecule has 0 aliphatic carbocycles. The van der Waals surface area contributed by atoms with Crippen molar-refractivity contribution in [2.75, 3.05) is 6.61 Å². The van der Waals surface area contributed by atoms with E-state index in [-0.39, 0.29) is 0 Å². The van der Waals surface area contributed by atoms with Gasteiger partial charge >= 0.3 is 0 Å². The summed E-state index contributed by atoms with van der Waals surface area (Å²) in [7, 11) is 0. The van der Waals surface area contributed by atoms with Crippen molar-refractivity contribution in [1.29, 1.82) is 0 Å². The van der Waals surface area contributed by atoms with Crippen LogP contribution in [0.4, 0.5) is 0 Å². The third-order valence-electron chi connectivity index (χ3n) is 1.44. The molecule has 0 aliphatic rings.